The molecule has 0 unspecified atom stereocenters. The Labute approximate surface area is 125 Å². The molecular formula is C13H12ClN3O4. The Hall–Kier alpha value is -2.54. The van der Waals surface area contributed by atoms with Gasteiger partial charge in [-0.05, 0) is 18.2 Å². The SMILES string of the molecule is COC(=O)Cn1cc(NC(=O)c2ccc(O)c(Cl)c2)cn1. The van der Waals surface area contributed by atoms with Crippen LogP contribution >= 0.6 is 11.6 Å². The maximum Gasteiger partial charge on any atom is 0.327 e. The summed E-state index contributed by atoms with van der Waals surface area (Å²) in [7, 11) is 1.28. The number of nitrogens with zero attached hydrogens (tertiary/aromatic N) is 2. The quantitative estimate of drug-likeness (QED) is 0.838. The molecule has 8 heteroatoms. The van der Waals surface area contributed by atoms with Crippen LogP contribution in [0.15, 0.2) is 30.6 Å². The molecule has 0 saturated carbocycles. The zero-order valence-corrected chi connectivity index (χ0v) is 11.8. The molecule has 2 rings (SSSR count). The number of carbonyl (C=O) groups excluding carboxylic acids is 2. The number of hydrogen-bond acceptors (Lipinski definition) is 5. The highest BCUT2D eigenvalue weighted by Gasteiger charge is 2.10. The summed E-state index contributed by atoms with van der Waals surface area (Å²) in [5.74, 6) is -0.949. The number of benzene rings is 1. The molecular weight excluding hydrogens is 298 g/mol. The zero-order chi connectivity index (χ0) is 15.4. The molecule has 1 aromatic heterocycles. The predicted octanol–water partition coefficient (Wildman–Crippen LogP) is 1.67. The van der Waals surface area contributed by atoms with Gasteiger partial charge >= 0.3 is 5.97 Å². The average molecular weight is 310 g/mol. The van der Waals surface area contributed by atoms with E-state index in [9.17, 15) is 14.7 Å². The minimum absolute atomic E-state index is 0.0442. The summed E-state index contributed by atoms with van der Waals surface area (Å²) in [4.78, 5) is 23.1. The molecule has 0 bridgehead atoms. The van der Waals surface area contributed by atoms with Crippen molar-refractivity contribution >= 4 is 29.2 Å². The molecule has 0 aliphatic carbocycles. The maximum absolute atomic E-state index is 12.0. The summed E-state index contributed by atoms with van der Waals surface area (Å²) < 4.78 is 5.85. The molecule has 110 valence electrons. The number of halogens is 1. The highest BCUT2D eigenvalue weighted by molar-refractivity contribution is 6.32. The standard InChI is InChI=1S/C13H12ClN3O4/c1-21-12(19)7-17-6-9(5-15-17)16-13(20)8-2-3-11(18)10(14)4-8/h2-6,18H,7H2,1H3,(H,16,20). The second-order valence-electron chi connectivity index (χ2n) is 4.12. The topological polar surface area (TPSA) is 93.5 Å². The van der Waals surface area contributed by atoms with E-state index in [1.807, 2.05) is 0 Å². The van der Waals surface area contributed by atoms with E-state index in [0.29, 0.717) is 11.3 Å². The third kappa shape index (κ3) is 3.73. The van der Waals surface area contributed by atoms with E-state index in [-0.39, 0.29) is 17.3 Å². The number of anilines is 1. The van der Waals surface area contributed by atoms with Gasteiger partial charge in [-0.3, -0.25) is 14.3 Å². The van der Waals surface area contributed by atoms with Gasteiger partial charge in [-0.1, -0.05) is 11.6 Å². The lowest BCUT2D eigenvalue weighted by Crippen LogP contribution is -2.12. The van der Waals surface area contributed by atoms with Gasteiger partial charge in [0.2, 0.25) is 0 Å². The summed E-state index contributed by atoms with van der Waals surface area (Å²) in [5, 5.41) is 15.9. The molecule has 1 aromatic carbocycles. The van der Waals surface area contributed by atoms with E-state index in [1.54, 1.807) is 0 Å². The van der Waals surface area contributed by atoms with Crippen LogP contribution in [0.25, 0.3) is 0 Å². The van der Waals surface area contributed by atoms with Gasteiger partial charge in [0.25, 0.3) is 5.91 Å². The first kappa shape index (κ1) is 14.9. The molecule has 0 fully saturated rings. The van der Waals surface area contributed by atoms with E-state index >= 15 is 0 Å². The molecule has 1 amide bonds. The molecule has 0 saturated heterocycles. The van der Waals surface area contributed by atoms with Gasteiger partial charge in [0, 0.05) is 11.8 Å². The van der Waals surface area contributed by atoms with Crippen molar-refractivity contribution in [2.24, 2.45) is 0 Å². The van der Waals surface area contributed by atoms with E-state index in [0.717, 1.165) is 0 Å². The molecule has 0 radical (unpaired) electrons. The van der Waals surface area contributed by atoms with Crippen molar-refractivity contribution in [1.29, 1.82) is 0 Å². The van der Waals surface area contributed by atoms with Crippen LogP contribution < -0.4 is 5.32 Å². The van der Waals surface area contributed by atoms with Crippen LogP contribution in [0.3, 0.4) is 0 Å². The number of rotatable bonds is 4. The van der Waals surface area contributed by atoms with Gasteiger partial charge in [-0.2, -0.15) is 5.10 Å². The molecule has 0 spiro atoms. The number of methoxy groups -OCH3 is 1. The third-order valence-electron chi connectivity index (χ3n) is 2.62. The van der Waals surface area contributed by atoms with Gasteiger partial charge in [-0.15, -0.1) is 0 Å². The lowest BCUT2D eigenvalue weighted by molar-refractivity contribution is -0.141. The van der Waals surface area contributed by atoms with Crippen molar-refractivity contribution in [3.63, 3.8) is 0 Å². The number of aromatic hydroxyl groups is 1. The third-order valence-corrected chi connectivity index (χ3v) is 2.92. The van der Waals surface area contributed by atoms with E-state index in [2.05, 4.69) is 15.2 Å². The van der Waals surface area contributed by atoms with Gasteiger partial charge in [0.05, 0.1) is 24.0 Å². The Balaban J connectivity index is 2.05. The Kier molecular flexibility index (Phi) is 4.44. The first-order valence-corrected chi connectivity index (χ1v) is 6.26. The number of nitrogens with one attached hydrogen (secondary N) is 1. The average Bonchev–Trinajstić information content (AvgIpc) is 2.88. The van der Waals surface area contributed by atoms with Crippen LogP contribution in [0.2, 0.25) is 5.02 Å². The Morgan fingerprint density at radius 1 is 1.48 bits per heavy atom. The fraction of sp³-hybridized carbons (Fsp3) is 0.154. The summed E-state index contributed by atoms with van der Waals surface area (Å²) in [6.45, 7) is -0.0442. The molecule has 21 heavy (non-hydrogen) atoms. The highest BCUT2D eigenvalue weighted by Crippen LogP contribution is 2.24. The largest absolute Gasteiger partial charge is 0.506 e. The predicted molar refractivity (Wildman–Crippen MR) is 75.3 cm³/mol. The van der Waals surface area contributed by atoms with Crippen molar-refractivity contribution in [3.05, 3.63) is 41.2 Å². The van der Waals surface area contributed by atoms with E-state index in [4.69, 9.17) is 11.6 Å². The van der Waals surface area contributed by atoms with Gasteiger partial charge < -0.3 is 15.2 Å². The van der Waals surface area contributed by atoms with Crippen LogP contribution in [-0.4, -0.2) is 33.9 Å². The lowest BCUT2D eigenvalue weighted by atomic mass is 10.2. The number of hydrogen-bond donors (Lipinski definition) is 2. The van der Waals surface area contributed by atoms with Crippen LogP contribution in [-0.2, 0) is 16.1 Å². The summed E-state index contributed by atoms with van der Waals surface area (Å²) in [6, 6.07) is 4.12. The number of phenolic OH excluding ortho intramolecular Hbond substituents is 1. The Morgan fingerprint density at radius 3 is 2.90 bits per heavy atom. The van der Waals surface area contributed by atoms with E-state index in [1.165, 1.54) is 42.4 Å². The van der Waals surface area contributed by atoms with Crippen LogP contribution in [0.4, 0.5) is 5.69 Å². The molecule has 0 atom stereocenters. The second-order valence-corrected chi connectivity index (χ2v) is 4.53. The van der Waals surface area contributed by atoms with Crippen LogP contribution in [0, 0.1) is 0 Å². The number of phenols is 1. The van der Waals surface area contributed by atoms with Gasteiger partial charge in [0.1, 0.15) is 12.3 Å². The molecule has 2 aromatic rings. The van der Waals surface area contributed by atoms with Crippen LogP contribution in [0.5, 0.6) is 5.75 Å². The summed E-state index contributed by atoms with van der Waals surface area (Å²) in [6.07, 6.45) is 2.90. The van der Waals surface area contributed by atoms with Crippen molar-refractivity contribution in [1.82, 2.24) is 9.78 Å². The number of ether oxygens (including phenoxy) is 1. The van der Waals surface area contributed by atoms with Crippen molar-refractivity contribution in [3.8, 4) is 5.75 Å². The van der Waals surface area contributed by atoms with E-state index < -0.39 is 11.9 Å². The maximum atomic E-state index is 12.0. The van der Waals surface area contributed by atoms with Crippen molar-refractivity contribution in [2.45, 2.75) is 6.54 Å². The number of carbonyl (C=O) groups is 2. The number of aromatic nitrogens is 2. The van der Waals surface area contributed by atoms with Gasteiger partial charge in [0.15, 0.2) is 0 Å². The number of esters is 1. The molecule has 2 N–H and O–H groups in total. The molecule has 0 aliphatic rings. The number of amides is 1. The lowest BCUT2D eigenvalue weighted by Gasteiger charge is -2.04. The monoisotopic (exact) mass is 309 g/mol. The van der Waals surface area contributed by atoms with Crippen molar-refractivity contribution < 1.29 is 19.4 Å². The molecule has 1 heterocycles. The Bertz CT molecular complexity index is 684. The summed E-state index contributed by atoms with van der Waals surface area (Å²) >= 11 is 5.74. The fourth-order valence-corrected chi connectivity index (χ4v) is 1.74. The first-order valence-electron chi connectivity index (χ1n) is 5.88. The zero-order valence-electron chi connectivity index (χ0n) is 11.0. The fourth-order valence-electron chi connectivity index (χ4n) is 1.56. The smallest absolute Gasteiger partial charge is 0.327 e. The van der Waals surface area contributed by atoms with Crippen LogP contribution in [0.1, 0.15) is 10.4 Å². The highest BCUT2D eigenvalue weighted by atomic mass is 35.5. The first-order chi connectivity index (χ1) is 9.99. The van der Waals surface area contributed by atoms with Gasteiger partial charge in [-0.25, -0.2) is 0 Å². The van der Waals surface area contributed by atoms with Crippen molar-refractivity contribution in [2.75, 3.05) is 12.4 Å². The molecule has 0 aliphatic heterocycles. The normalized spacial score (nSPS) is 10.2. The second kappa shape index (κ2) is 6.27. The minimum atomic E-state index is -0.443. The minimum Gasteiger partial charge on any atom is -0.506 e. The molecule has 7 nitrogen and oxygen atoms in total. The summed E-state index contributed by atoms with van der Waals surface area (Å²) in [5.41, 5.74) is 0.714. The Morgan fingerprint density at radius 2 is 2.24 bits per heavy atom.